The molecule has 0 saturated carbocycles. The Bertz CT molecular complexity index is 561. The molecule has 0 bridgehead atoms. The molecule has 2 rings (SSSR count). The fourth-order valence-electron chi connectivity index (χ4n) is 2.03. The van der Waals surface area contributed by atoms with Crippen LogP contribution in [-0.4, -0.2) is 19.3 Å². The average molecular weight is 276 g/mol. The molecule has 106 valence electrons. The van der Waals surface area contributed by atoms with E-state index in [1.54, 1.807) is 44.6 Å². The molecule has 1 atom stereocenters. The lowest BCUT2D eigenvalue weighted by molar-refractivity contribution is 0.177. The van der Waals surface area contributed by atoms with E-state index < -0.39 is 6.10 Å². The van der Waals surface area contributed by atoms with E-state index in [-0.39, 0.29) is 5.82 Å². The van der Waals surface area contributed by atoms with Gasteiger partial charge in [0.15, 0.2) is 0 Å². The highest BCUT2D eigenvalue weighted by Gasteiger charge is 2.12. The largest absolute Gasteiger partial charge is 0.497 e. The van der Waals surface area contributed by atoms with Gasteiger partial charge in [0.05, 0.1) is 20.3 Å². The van der Waals surface area contributed by atoms with E-state index in [1.165, 1.54) is 12.1 Å². The second-order valence-corrected chi connectivity index (χ2v) is 4.50. The summed E-state index contributed by atoms with van der Waals surface area (Å²) in [5.74, 6) is 0.910. The van der Waals surface area contributed by atoms with E-state index in [2.05, 4.69) is 0 Å². The summed E-state index contributed by atoms with van der Waals surface area (Å²) < 4.78 is 23.5. The lowest BCUT2D eigenvalue weighted by Crippen LogP contribution is -2.03. The van der Waals surface area contributed by atoms with Crippen LogP contribution in [0.1, 0.15) is 17.2 Å². The first-order chi connectivity index (χ1) is 9.62. The van der Waals surface area contributed by atoms with Gasteiger partial charge in [-0.2, -0.15) is 0 Å². The Morgan fingerprint density at radius 1 is 1.05 bits per heavy atom. The van der Waals surface area contributed by atoms with Gasteiger partial charge in [-0.05, 0) is 35.4 Å². The van der Waals surface area contributed by atoms with Crippen LogP contribution in [0.15, 0.2) is 42.5 Å². The van der Waals surface area contributed by atoms with Crippen LogP contribution in [0.5, 0.6) is 11.5 Å². The Morgan fingerprint density at radius 2 is 1.70 bits per heavy atom. The Morgan fingerprint density at radius 3 is 2.25 bits per heavy atom. The molecule has 3 nitrogen and oxygen atoms in total. The van der Waals surface area contributed by atoms with Crippen molar-refractivity contribution in [1.29, 1.82) is 0 Å². The smallest absolute Gasteiger partial charge is 0.123 e. The van der Waals surface area contributed by atoms with Gasteiger partial charge in [0.25, 0.3) is 0 Å². The third-order valence-corrected chi connectivity index (χ3v) is 3.08. The standard InChI is InChI=1S/C16H17FO3/c1-19-14-8-12(9-15(10-14)20-2)16(18)7-11-4-3-5-13(17)6-11/h3-6,8-10,16,18H,7H2,1-2H3. The number of ether oxygens (including phenoxy) is 2. The van der Waals surface area contributed by atoms with Gasteiger partial charge in [0.1, 0.15) is 17.3 Å². The summed E-state index contributed by atoms with van der Waals surface area (Å²) in [7, 11) is 3.11. The highest BCUT2D eigenvalue weighted by Crippen LogP contribution is 2.28. The molecule has 0 aliphatic rings. The molecule has 0 saturated heterocycles. The quantitative estimate of drug-likeness (QED) is 0.912. The Kier molecular flexibility index (Phi) is 4.58. The molecule has 20 heavy (non-hydrogen) atoms. The second-order valence-electron chi connectivity index (χ2n) is 4.50. The first kappa shape index (κ1) is 14.3. The zero-order valence-corrected chi connectivity index (χ0v) is 11.5. The first-order valence-electron chi connectivity index (χ1n) is 6.28. The maximum atomic E-state index is 13.1. The summed E-state index contributed by atoms with van der Waals surface area (Å²) in [5.41, 5.74) is 1.41. The van der Waals surface area contributed by atoms with Crippen LogP contribution in [0.4, 0.5) is 4.39 Å². The Labute approximate surface area is 117 Å². The van der Waals surface area contributed by atoms with Crippen LogP contribution >= 0.6 is 0 Å². The van der Waals surface area contributed by atoms with Crippen LogP contribution in [0.2, 0.25) is 0 Å². The number of methoxy groups -OCH3 is 2. The third-order valence-electron chi connectivity index (χ3n) is 3.08. The summed E-state index contributed by atoms with van der Waals surface area (Å²) in [6.07, 6.45) is -0.422. The number of rotatable bonds is 5. The predicted molar refractivity (Wildman–Crippen MR) is 74.6 cm³/mol. The normalized spacial score (nSPS) is 12.0. The molecule has 0 amide bonds. The zero-order chi connectivity index (χ0) is 14.5. The number of hydrogen-bond acceptors (Lipinski definition) is 3. The summed E-state index contributed by atoms with van der Waals surface area (Å²) in [6, 6.07) is 11.4. The second kappa shape index (κ2) is 6.39. The van der Waals surface area contributed by atoms with Crippen LogP contribution < -0.4 is 9.47 Å². The van der Waals surface area contributed by atoms with Gasteiger partial charge >= 0.3 is 0 Å². The fraction of sp³-hybridized carbons (Fsp3) is 0.250. The molecule has 0 radical (unpaired) electrons. The van der Waals surface area contributed by atoms with Crippen LogP contribution in [-0.2, 0) is 6.42 Å². The molecule has 0 aliphatic carbocycles. The molecule has 1 unspecified atom stereocenters. The summed E-state index contributed by atoms with van der Waals surface area (Å²) in [5, 5.41) is 10.3. The molecular weight excluding hydrogens is 259 g/mol. The van der Waals surface area contributed by atoms with E-state index in [0.29, 0.717) is 23.5 Å². The topological polar surface area (TPSA) is 38.7 Å². The predicted octanol–water partition coefficient (Wildman–Crippen LogP) is 3.12. The molecule has 2 aromatic rings. The van der Waals surface area contributed by atoms with Crippen molar-refractivity contribution in [1.82, 2.24) is 0 Å². The summed E-state index contributed by atoms with van der Waals surface area (Å²) >= 11 is 0. The number of aliphatic hydroxyl groups excluding tert-OH is 1. The molecule has 4 heteroatoms. The number of halogens is 1. The lowest BCUT2D eigenvalue weighted by atomic mass is 10.0. The van der Waals surface area contributed by atoms with E-state index in [1.807, 2.05) is 0 Å². The molecule has 1 N–H and O–H groups in total. The first-order valence-corrected chi connectivity index (χ1v) is 6.28. The van der Waals surface area contributed by atoms with Crippen molar-refractivity contribution in [3.05, 3.63) is 59.4 Å². The van der Waals surface area contributed by atoms with Gasteiger partial charge in [-0.15, -0.1) is 0 Å². The number of benzene rings is 2. The van der Waals surface area contributed by atoms with Crippen LogP contribution in [0.3, 0.4) is 0 Å². The molecular formula is C16H17FO3. The maximum absolute atomic E-state index is 13.1. The Balaban J connectivity index is 2.22. The monoisotopic (exact) mass is 276 g/mol. The molecule has 0 aromatic heterocycles. The Hall–Kier alpha value is -2.07. The van der Waals surface area contributed by atoms with Crippen molar-refractivity contribution in [3.8, 4) is 11.5 Å². The summed E-state index contributed by atoms with van der Waals surface area (Å²) in [4.78, 5) is 0. The average Bonchev–Trinajstić information content (AvgIpc) is 2.46. The zero-order valence-electron chi connectivity index (χ0n) is 11.5. The van der Waals surface area contributed by atoms with Crippen LogP contribution in [0, 0.1) is 5.82 Å². The minimum atomic E-state index is -0.749. The van der Waals surface area contributed by atoms with Crippen molar-refractivity contribution in [2.24, 2.45) is 0 Å². The van der Waals surface area contributed by atoms with E-state index >= 15 is 0 Å². The molecule has 0 spiro atoms. The van der Waals surface area contributed by atoms with Crippen molar-refractivity contribution in [3.63, 3.8) is 0 Å². The highest BCUT2D eigenvalue weighted by molar-refractivity contribution is 5.39. The van der Waals surface area contributed by atoms with E-state index in [0.717, 1.165) is 5.56 Å². The maximum Gasteiger partial charge on any atom is 0.123 e. The number of aliphatic hydroxyl groups is 1. The SMILES string of the molecule is COc1cc(OC)cc(C(O)Cc2cccc(F)c2)c1. The minimum Gasteiger partial charge on any atom is -0.497 e. The lowest BCUT2D eigenvalue weighted by Gasteiger charge is -2.14. The van der Waals surface area contributed by atoms with Gasteiger partial charge in [0.2, 0.25) is 0 Å². The van der Waals surface area contributed by atoms with Crippen LogP contribution in [0.25, 0.3) is 0 Å². The van der Waals surface area contributed by atoms with Crippen molar-refractivity contribution >= 4 is 0 Å². The number of hydrogen-bond donors (Lipinski definition) is 1. The molecule has 0 heterocycles. The summed E-state index contributed by atoms with van der Waals surface area (Å²) in [6.45, 7) is 0. The molecule has 0 aliphatic heterocycles. The molecule has 0 fully saturated rings. The van der Waals surface area contributed by atoms with Crippen molar-refractivity contribution in [2.45, 2.75) is 12.5 Å². The van der Waals surface area contributed by atoms with Gasteiger partial charge in [-0.3, -0.25) is 0 Å². The molecule has 2 aromatic carbocycles. The van der Waals surface area contributed by atoms with Crippen molar-refractivity contribution < 1.29 is 19.0 Å². The van der Waals surface area contributed by atoms with Gasteiger partial charge in [-0.25, -0.2) is 4.39 Å². The van der Waals surface area contributed by atoms with E-state index in [9.17, 15) is 9.50 Å². The van der Waals surface area contributed by atoms with Gasteiger partial charge < -0.3 is 14.6 Å². The fourth-order valence-corrected chi connectivity index (χ4v) is 2.03. The van der Waals surface area contributed by atoms with Gasteiger partial charge in [-0.1, -0.05) is 12.1 Å². The third kappa shape index (κ3) is 3.48. The van der Waals surface area contributed by atoms with Crippen molar-refractivity contribution in [2.75, 3.05) is 14.2 Å². The highest BCUT2D eigenvalue weighted by atomic mass is 19.1. The van der Waals surface area contributed by atoms with Gasteiger partial charge in [0, 0.05) is 12.5 Å². The van der Waals surface area contributed by atoms with E-state index in [4.69, 9.17) is 9.47 Å². The minimum absolute atomic E-state index is 0.307.